The van der Waals surface area contributed by atoms with Gasteiger partial charge in [0.25, 0.3) is 5.91 Å². The predicted molar refractivity (Wildman–Crippen MR) is 101 cm³/mol. The van der Waals surface area contributed by atoms with Crippen LogP contribution in [0, 0.1) is 0 Å². The Morgan fingerprint density at radius 2 is 1.69 bits per heavy atom. The van der Waals surface area contributed by atoms with Gasteiger partial charge in [-0.05, 0) is 36.4 Å². The normalized spacial score (nSPS) is 10.8. The molecule has 6 nitrogen and oxygen atoms in total. The minimum Gasteiger partial charge on any atom is -0.320 e. The number of aromatic nitrogens is 4. The van der Waals surface area contributed by atoms with Crippen molar-refractivity contribution in [2.75, 3.05) is 5.32 Å². The maximum Gasteiger partial charge on any atom is 0.258 e. The number of para-hydroxylation sites is 1. The Hall–Kier alpha value is -2.96. The molecule has 128 valence electrons. The molecule has 2 aromatic carbocycles. The molecule has 2 heterocycles. The van der Waals surface area contributed by atoms with E-state index < -0.39 is 5.91 Å². The van der Waals surface area contributed by atoms with Crippen molar-refractivity contribution in [1.82, 2.24) is 20.0 Å². The third kappa shape index (κ3) is 3.12. The highest BCUT2D eigenvalue weighted by atomic mass is 35.5. The number of nitrogens with one attached hydrogen (secondary N) is 1. The van der Waals surface area contributed by atoms with Gasteiger partial charge in [0.05, 0.1) is 22.0 Å². The van der Waals surface area contributed by atoms with Gasteiger partial charge in [0, 0.05) is 6.20 Å². The van der Waals surface area contributed by atoms with Gasteiger partial charge in [0.1, 0.15) is 16.2 Å². The first kappa shape index (κ1) is 16.5. The average Bonchev–Trinajstić information content (AvgIpc) is 3.06. The lowest BCUT2D eigenvalue weighted by Gasteiger charge is -2.07. The second-order valence-corrected chi connectivity index (χ2v) is 6.21. The van der Waals surface area contributed by atoms with Crippen LogP contribution in [0.4, 0.5) is 5.69 Å². The summed E-state index contributed by atoms with van der Waals surface area (Å²) < 4.78 is 0. The first-order chi connectivity index (χ1) is 12.6. The molecule has 0 aliphatic carbocycles. The second-order valence-electron chi connectivity index (χ2n) is 5.44. The van der Waals surface area contributed by atoms with Crippen LogP contribution in [-0.2, 0) is 0 Å². The van der Waals surface area contributed by atoms with Gasteiger partial charge in [-0.25, -0.2) is 4.98 Å². The number of halogens is 2. The first-order valence-electron chi connectivity index (χ1n) is 7.66. The van der Waals surface area contributed by atoms with E-state index in [0.717, 1.165) is 5.69 Å². The number of pyridine rings is 1. The van der Waals surface area contributed by atoms with Crippen LogP contribution in [0.15, 0.2) is 60.8 Å². The number of fused-ring (bicyclic) bond motifs is 1. The summed E-state index contributed by atoms with van der Waals surface area (Å²) in [6, 6.07) is 16.1. The Kier molecular flexibility index (Phi) is 4.28. The molecular weight excluding hydrogens is 373 g/mol. The lowest BCUT2D eigenvalue weighted by atomic mass is 10.2. The van der Waals surface area contributed by atoms with Crippen LogP contribution in [0.25, 0.3) is 16.7 Å². The lowest BCUT2D eigenvalue weighted by Crippen LogP contribution is -2.13. The minimum absolute atomic E-state index is 0.122. The van der Waals surface area contributed by atoms with Crippen LogP contribution in [0.5, 0.6) is 0 Å². The largest absolute Gasteiger partial charge is 0.320 e. The third-order valence-corrected chi connectivity index (χ3v) is 4.32. The highest BCUT2D eigenvalue weighted by molar-refractivity contribution is 6.35. The van der Waals surface area contributed by atoms with E-state index in [0.29, 0.717) is 21.7 Å². The molecule has 0 atom stereocenters. The fourth-order valence-electron chi connectivity index (χ4n) is 2.46. The summed E-state index contributed by atoms with van der Waals surface area (Å²) in [7, 11) is 0. The monoisotopic (exact) mass is 383 g/mol. The van der Waals surface area contributed by atoms with Crippen molar-refractivity contribution in [2.24, 2.45) is 0 Å². The number of benzene rings is 2. The first-order valence-corrected chi connectivity index (χ1v) is 8.41. The number of hydrogen-bond donors (Lipinski definition) is 1. The zero-order valence-corrected chi connectivity index (χ0v) is 14.7. The van der Waals surface area contributed by atoms with E-state index in [1.807, 2.05) is 30.3 Å². The lowest BCUT2D eigenvalue weighted by molar-refractivity contribution is 0.102. The zero-order chi connectivity index (χ0) is 18.1. The smallest absolute Gasteiger partial charge is 0.258 e. The number of anilines is 1. The van der Waals surface area contributed by atoms with E-state index in [9.17, 15) is 4.79 Å². The van der Waals surface area contributed by atoms with Crippen molar-refractivity contribution in [3.05, 3.63) is 76.5 Å². The predicted octanol–water partition coefficient (Wildman–Crippen LogP) is 4.37. The number of carbonyl (C=O) groups excluding carboxylic acids is 1. The van der Waals surface area contributed by atoms with Crippen LogP contribution in [-0.4, -0.2) is 25.9 Å². The molecule has 4 rings (SSSR count). The number of amides is 1. The summed E-state index contributed by atoms with van der Waals surface area (Å²) >= 11 is 12.3. The molecule has 0 fully saturated rings. The van der Waals surface area contributed by atoms with Crippen molar-refractivity contribution < 1.29 is 4.79 Å². The second kappa shape index (κ2) is 6.74. The summed E-state index contributed by atoms with van der Waals surface area (Å²) in [6.45, 7) is 0. The van der Waals surface area contributed by atoms with Gasteiger partial charge >= 0.3 is 0 Å². The Morgan fingerprint density at radius 3 is 2.42 bits per heavy atom. The van der Waals surface area contributed by atoms with Gasteiger partial charge in [-0.3, -0.25) is 4.79 Å². The maximum atomic E-state index is 12.4. The summed E-state index contributed by atoms with van der Waals surface area (Å²) in [5.41, 5.74) is 2.73. The molecule has 8 heteroatoms. The molecule has 0 aliphatic heterocycles. The van der Waals surface area contributed by atoms with E-state index in [-0.39, 0.29) is 10.7 Å². The van der Waals surface area contributed by atoms with Crippen molar-refractivity contribution in [3.63, 3.8) is 0 Å². The highest BCUT2D eigenvalue weighted by Gasteiger charge is 2.15. The van der Waals surface area contributed by atoms with Gasteiger partial charge in [-0.2, -0.15) is 4.80 Å². The summed E-state index contributed by atoms with van der Waals surface area (Å²) in [4.78, 5) is 17.8. The fourth-order valence-corrected chi connectivity index (χ4v) is 2.87. The van der Waals surface area contributed by atoms with Crippen LogP contribution in [0.3, 0.4) is 0 Å². The van der Waals surface area contributed by atoms with E-state index in [1.54, 1.807) is 24.3 Å². The molecule has 2 aromatic heterocycles. The molecule has 0 spiro atoms. The van der Waals surface area contributed by atoms with E-state index in [1.165, 1.54) is 11.0 Å². The fraction of sp³-hybridized carbons (Fsp3) is 0. The Labute approximate surface area is 158 Å². The third-order valence-electron chi connectivity index (χ3n) is 3.71. The molecule has 0 unspecified atom stereocenters. The van der Waals surface area contributed by atoms with Crippen molar-refractivity contribution in [1.29, 1.82) is 0 Å². The quantitative estimate of drug-likeness (QED) is 0.533. The van der Waals surface area contributed by atoms with Crippen LogP contribution in [0.1, 0.15) is 10.4 Å². The number of carbonyl (C=O) groups is 1. The standard InChI is InChI=1S/C18H11Cl2N5O/c19-13-9-15-16(24-25(23-15)11-5-2-1-3-6-11)10-14(13)22-18(26)12-7-4-8-21-17(12)20/h1-10H,(H,22,26). The van der Waals surface area contributed by atoms with Gasteiger partial charge in [0.15, 0.2) is 0 Å². The van der Waals surface area contributed by atoms with E-state index >= 15 is 0 Å². The summed E-state index contributed by atoms with van der Waals surface area (Å²) in [5.74, 6) is -0.403. The Morgan fingerprint density at radius 1 is 0.962 bits per heavy atom. The molecule has 4 aromatic rings. The topological polar surface area (TPSA) is 72.7 Å². The average molecular weight is 384 g/mol. The zero-order valence-electron chi connectivity index (χ0n) is 13.2. The highest BCUT2D eigenvalue weighted by Crippen LogP contribution is 2.28. The maximum absolute atomic E-state index is 12.4. The number of rotatable bonds is 3. The molecule has 0 saturated carbocycles. The molecule has 0 bridgehead atoms. The molecule has 1 N–H and O–H groups in total. The number of hydrogen-bond acceptors (Lipinski definition) is 4. The molecule has 0 radical (unpaired) electrons. The van der Waals surface area contributed by atoms with Gasteiger partial charge in [-0.15, -0.1) is 10.2 Å². The van der Waals surface area contributed by atoms with Gasteiger partial charge in [0.2, 0.25) is 0 Å². The summed E-state index contributed by atoms with van der Waals surface area (Å²) in [5, 5.41) is 12.1. The van der Waals surface area contributed by atoms with Crippen LogP contribution in [0.2, 0.25) is 10.2 Å². The van der Waals surface area contributed by atoms with Gasteiger partial charge in [-0.1, -0.05) is 41.4 Å². The molecule has 0 saturated heterocycles. The molecule has 1 amide bonds. The molecule has 26 heavy (non-hydrogen) atoms. The Balaban J connectivity index is 1.69. The summed E-state index contributed by atoms with van der Waals surface area (Å²) in [6.07, 6.45) is 1.51. The van der Waals surface area contributed by atoms with Crippen molar-refractivity contribution in [2.45, 2.75) is 0 Å². The van der Waals surface area contributed by atoms with Crippen molar-refractivity contribution in [3.8, 4) is 5.69 Å². The SMILES string of the molecule is O=C(Nc1cc2nn(-c3ccccc3)nc2cc1Cl)c1cccnc1Cl. The minimum atomic E-state index is -0.403. The molecular formula is C18H11Cl2N5O. The molecule has 0 aliphatic rings. The Bertz CT molecular complexity index is 1110. The van der Waals surface area contributed by atoms with Crippen LogP contribution < -0.4 is 5.32 Å². The van der Waals surface area contributed by atoms with E-state index in [4.69, 9.17) is 23.2 Å². The van der Waals surface area contributed by atoms with Crippen molar-refractivity contribution >= 4 is 45.8 Å². The van der Waals surface area contributed by atoms with E-state index in [2.05, 4.69) is 20.5 Å². The van der Waals surface area contributed by atoms with Crippen LogP contribution >= 0.6 is 23.2 Å². The van der Waals surface area contributed by atoms with Gasteiger partial charge < -0.3 is 5.32 Å². The number of nitrogens with zero attached hydrogens (tertiary/aromatic N) is 4.